The van der Waals surface area contributed by atoms with Gasteiger partial charge >= 0.3 is 0 Å². The molecule has 17 heavy (non-hydrogen) atoms. The number of nitrogens with one attached hydrogen (secondary N) is 1. The lowest BCUT2D eigenvalue weighted by Gasteiger charge is -2.06. The fourth-order valence-electron chi connectivity index (χ4n) is 1.19. The molecular formula is C11H7Cl2N3O. The third-order valence-corrected chi connectivity index (χ3v) is 2.51. The van der Waals surface area contributed by atoms with E-state index in [1.807, 2.05) is 0 Å². The molecule has 0 aliphatic carbocycles. The first kappa shape index (κ1) is 11.8. The largest absolute Gasteiger partial charge is 0.319 e. The molecule has 4 nitrogen and oxygen atoms in total. The summed E-state index contributed by atoms with van der Waals surface area (Å²) in [6.45, 7) is 0. The molecule has 6 heteroatoms. The van der Waals surface area contributed by atoms with Gasteiger partial charge in [0.15, 0.2) is 0 Å². The number of aromatic nitrogens is 2. The van der Waals surface area contributed by atoms with Gasteiger partial charge in [-0.3, -0.25) is 9.78 Å². The summed E-state index contributed by atoms with van der Waals surface area (Å²) >= 11 is 11.6. The number of pyridine rings is 2. The Hall–Kier alpha value is -1.65. The summed E-state index contributed by atoms with van der Waals surface area (Å²) in [6.07, 6.45) is 4.46. The van der Waals surface area contributed by atoms with Gasteiger partial charge in [0.1, 0.15) is 5.15 Å². The molecule has 2 rings (SSSR count). The molecular weight excluding hydrogens is 261 g/mol. The Morgan fingerprint density at radius 1 is 1.29 bits per heavy atom. The van der Waals surface area contributed by atoms with Gasteiger partial charge in [-0.1, -0.05) is 23.2 Å². The van der Waals surface area contributed by atoms with Gasteiger partial charge in [0, 0.05) is 12.4 Å². The number of halogens is 2. The van der Waals surface area contributed by atoms with E-state index in [0.29, 0.717) is 16.3 Å². The summed E-state index contributed by atoms with van der Waals surface area (Å²) in [4.78, 5) is 19.5. The van der Waals surface area contributed by atoms with Gasteiger partial charge < -0.3 is 5.32 Å². The zero-order valence-electron chi connectivity index (χ0n) is 8.52. The number of nitrogens with zero attached hydrogens (tertiary/aromatic N) is 2. The van der Waals surface area contributed by atoms with E-state index < -0.39 is 0 Å². The highest BCUT2D eigenvalue weighted by Crippen LogP contribution is 2.23. The van der Waals surface area contributed by atoms with E-state index in [2.05, 4.69) is 15.3 Å². The van der Waals surface area contributed by atoms with E-state index in [0.717, 1.165) is 0 Å². The van der Waals surface area contributed by atoms with Gasteiger partial charge in [-0.05, 0) is 18.2 Å². The minimum absolute atomic E-state index is 0.273. The van der Waals surface area contributed by atoms with Crippen LogP contribution in [0.15, 0.2) is 36.8 Å². The van der Waals surface area contributed by atoms with Gasteiger partial charge in [-0.25, -0.2) is 4.98 Å². The molecule has 2 heterocycles. The molecule has 0 bridgehead atoms. The lowest BCUT2D eigenvalue weighted by atomic mass is 10.2. The van der Waals surface area contributed by atoms with Crippen LogP contribution in [0.4, 0.5) is 5.69 Å². The lowest BCUT2D eigenvalue weighted by Crippen LogP contribution is -2.12. The van der Waals surface area contributed by atoms with Crippen molar-refractivity contribution in [2.45, 2.75) is 0 Å². The summed E-state index contributed by atoms with van der Waals surface area (Å²) in [7, 11) is 0. The van der Waals surface area contributed by atoms with Crippen molar-refractivity contribution in [3.63, 3.8) is 0 Å². The number of amides is 1. The van der Waals surface area contributed by atoms with E-state index in [-0.39, 0.29) is 11.1 Å². The summed E-state index contributed by atoms with van der Waals surface area (Å²) in [5, 5.41) is 3.23. The molecule has 1 N–H and O–H groups in total. The van der Waals surface area contributed by atoms with Crippen molar-refractivity contribution in [2.24, 2.45) is 0 Å². The van der Waals surface area contributed by atoms with Crippen molar-refractivity contribution in [3.8, 4) is 0 Å². The van der Waals surface area contributed by atoms with Crippen molar-refractivity contribution in [1.82, 2.24) is 9.97 Å². The maximum Gasteiger partial charge on any atom is 0.257 e. The first-order valence-corrected chi connectivity index (χ1v) is 5.45. The summed E-state index contributed by atoms with van der Waals surface area (Å²) in [5.74, 6) is -0.302. The zero-order valence-corrected chi connectivity index (χ0v) is 10.0. The second-order valence-electron chi connectivity index (χ2n) is 3.18. The summed E-state index contributed by atoms with van der Waals surface area (Å²) in [6, 6.07) is 4.79. The average molecular weight is 268 g/mol. The molecule has 0 radical (unpaired) electrons. The second-order valence-corrected chi connectivity index (χ2v) is 3.98. The summed E-state index contributed by atoms with van der Waals surface area (Å²) < 4.78 is 0. The van der Waals surface area contributed by atoms with Crippen LogP contribution in [-0.2, 0) is 0 Å². The quantitative estimate of drug-likeness (QED) is 0.851. The van der Waals surface area contributed by atoms with Crippen molar-refractivity contribution >= 4 is 34.8 Å². The molecule has 0 fully saturated rings. The second kappa shape index (κ2) is 5.12. The normalized spacial score (nSPS) is 10.0. The monoisotopic (exact) mass is 267 g/mol. The van der Waals surface area contributed by atoms with Crippen LogP contribution in [-0.4, -0.2) is 15.9 Å². The molecule has 2 aromatic heterocycles. The van der Waals surface area contributed by atoms with E-state index in [1.54, 1.807) is 18.3 Å². The van der Waals surface area contributed by atoms with Gasteiger partial charge in [0.2, 0.25) is 0 Å². The van der Waals surface area contributed by atoms with Crippen molar-refractivity contribution in [1.29, 1.82) is 0 Å². The number of hydrogen-bond donors (Lipinski definition) is 1. The third kappa shape index (κ3) is 2.93. The number of carbonyl (C=O) groups excluding carboxylic acids is 1. The van der Waals surface area contributed by atoms with Crippen molar-refractivity contribution in [3.05, 3.63) is 52.5 Å². The van der Waals surface area contributed by atoms with Crippen molar-refractivity contribution in [2.75, 3.05) is 5.32 Å². The van der Waals surface area contributed by atoms with Gasteiger partial charge in [0.05, 0.1) is 22.5 Å². The smallest absolute Gasteiger partial charge is 0.257 e. The van der Waals surface area contributed by atoms with Crippen LogP contribution in [0.1, 0.15) is 10.4 Å². The third-order valence-electron chi connectivity index (χ3n) is 1.99. The first-order valence-electron chi connectivity index (χ1n) is 4.69. The number of hydrogen-bond acceptors (Lipinski definition) is 3. The number of anilines is 1. The highest BCUT2D eigenvalue weighted by molar-refractivity contribution is 6.36. The fraction of sp³-hybridized carbons (Fsp3) is 0. The van der Waals surface area contributed by atoms with E-state index in [4.69, 9.17) is 23.2 Å². The van der Waals surface area contributed by atoms with Crippen LogP contribution in [0.2, 0.25) is 10.2 Å². The van der Waals surface area contributed by atoms with Crippen LogP contribution < -0.4 is 5.32 Å². The predicted molar refractivity (Wildman–Crippen MR) is 66.4 cm³/mol. The SMILES string of the molecule is O=C(Nc1cnc(Cl)cc1Cl)c1cccnc1. The van der Waals surface area contributed by atoms with Crippen LogP contribution in [0, 0.1) is 0 Å². The zero-order chi connectivity index (χ0) is 12.3. The Bertz CT molecular complexity index is 546. The molecule has 0 spiro atoms. The molecule has 0 aromatic carbocycles. The summed E-state index contributed by atoms with van der Waals surface area (Å²) in [5.41, 5.74) is 0.850. The number of rotatable bonds is 2. The van der Waals surface area contributed by atoms with Gasteiger partial charge in [-0.15, -0.1) is 0 Å². The topological polar surface area (TPSA) is 54.9 Å². The van der Waals surface area contributed by atoms with E-state index in [1.165, 1.54) is 18.5 Å². The maximum atomic E-state index is 11.8. The average Bonchev–Trinajstić information content (AvgIpc) is 2.34. The number of carbonyl (C=O) groups is 1. The Morgan fingerprint density at radius 2 is 2.12 bits per heavy atom. The maximum absolute atomic E-state index is 11.8. The Labute approximate surface area is 108 Å². The van der Waals surface area contributed by atoms with Crippen LogP contribution >= 0.6 is 23.2 Å². The van der Waals surface area contributed by atoms with Crippen molar-refractivity contribution < 1.29 is 4.79 Å². The molecule has 1 amide bonds. The highest BCUT2D eigenvalue weighted by Gasteiger charge is 2.08. The van der Waals surface area contributed by atoms with E-state index in [9.17, 15) is 4.79 Å². The molecule has 2 aromatic rings. The minimum Gasteiger partial charge on any atom is -0.319 e. The molecule has 0 saturated heterocycles. The molecule has 0 atom stereocenters. The Balaban J connectivity index is 2.19. The first-order chi connectivity index (χ1) is 8.16. The predicted octanol–water partition coefficient (Wildman–Crippen LogP) is 3.04. The van der Waals surface area contributed by atoms with Crippen LogP contribution in [0.3, 0.4) is 0 Å². The van der Waals surface area contributed by atoms with Gasteiger partial charge in [-0.2, -0.15) is 0 Å². The van der Waals surface area contributed by atoms with Gasteiger partial charge in [0.25, 0.3) is 5.91 Å². The van der Waals surface area contributed by atoms with Crippen LogP contribution in [0.25, 0.3) is 0 Å². The molecule has 86 valence electrons. The van der Waals surface area contributed by atoms with Crippen LogP contribution in [0.5, 0.6) is 0 Å². The fourth-order valence-corrected chi connectivity index (χ4v) is 1.60. The van der Waals surface area contributed by atoms with E-state index >= 15 is 0 Å². The molecule has 0 unspecified atom stereocenters. The molecule has 0 aliphatic heterocycles. The Kier molecular flexibility index (Phi) is 3.56. The molecule has 0 aliphatic rings. The molecule has 0 saturated carbocycles. The minimum atomic E-state index is -0.302. The standard InChI is InChI=1S/C11H7Cl2N3O/c12-8-4-10(13)15-6-9(8)16-11(17)7-2-1-3-14-5-7/h1-6H,(H,16,17). The highest BCUT2D eigenvalue weighted by atomic mass is 35.5. The Morgan fingerprint density at radius 3 is 2.76 bits per heavy atom. The lowest BCUT2D eigenvalue weighted by molar-refractivity contribution is 0.102.